The van der Waals surface area contributed by atoms with Crippen LogP contribution in [0, 0.1) is 0 Å². The van der Waals surface area contributed by atoms with Gasteiger partial charge in [0, 0.05) is 35.4 Å². The highest BCUT2D eigenvalue weighted by atomic mass is 79.9. The highest BCUT2D eigenvalue weighted by Crippen LogP contribution is 2.31. The zero-order valence-corrected chi connectivity index (χ0v) is 23.2. The number of anilines is 2. The maximum absolute atomic E-state index is 13.5. The van der Waals surface area contributed by atoms with Crippen molar-refractivity contribution >= 4 is 43.2 Å². The van der Waals surface area contributed by atoms with Gasteiger partial charge in [0.15, 0.2) is 11.5 Å². The largest absolute Gasteiger partial charge is 0.493 e. The van der Waals surface area contributed by atoms with E-state index in [1.807, 2.05) is 12.1 Å². The fraction of sp³-hybridized carbons (Fsp3) is 0.296. The van der Waals surface area contributed by atoms with Crippen LogP contribution in [0.15, 0.2) is 70.0 Å². The number of methoxy groups -OCH3 is 2. The lowest BCUT2D eigenvalue weighted by Gasteiger charge is -2.22. The second kappa shape index (κ2) is 12.0. The van der Waals surface area contributed by atoms with Crippen LogP contribution < -0.4 is 24.4 Å². The second-order valence-electron chi connectivity index (χ2n) is 8.67. The number of hydrogen-bond acceptors (Lipinski definition) is 6. The third-order valence-electron chi connectivity index (χ3n) is 6.21. The molecule has 0 aliphatic carbocycles. The smallest absolute Gasteiger partial charge is 0.255 e. The molecule has 8 nitrogen and oxygen atoms in total. The minimum absolute atomic E-state index is 0.148. The van der Waals surface area contributed by atoms with Crippen molar-refractivity contribution in [1.29, 1.82) is 0 Å². The number of rotatable bonds is 10. The molecule has 1 saturated heterocycles. The summed E-state index contributed by atoms with van der Waals surface area (Å²) < 4.78 is 41.1. The molecule has 1 aliphatic heterocycles. The number of carbonyl (C=O) groups is 1. The first-order valence-electron chi connectivity index (χ1n) is 12.0. The SMILES string of the molecule is COc1ccc(CCNS(=O)(=O)c2cc(NC(=O)c3ccc(Br)cc3)ccc2N2CCCC2)cc1OC. The number of benzene rings is 3. The van der Waals surface area contributed by atoms with E-state index in [0.717, 1.165) is 36.0 Å². The lowest BCUT2D eigenvalue weighted by Crippen LogP contribution is -2.29. The van der Waals surface area contributed by atoms with Crippen molar-refractivity contribution in [2.45, 2.75) is 24.2 Å². The first kappa shape index (κ1) is 27.0. The minimum atomic E-state index is -3.86. The van der Waals surface area contributed by atoms with Crippen LogP contribution >= 0.6 is 15.9 Å². The summed E-state index contributed by atoms with van der Waals surface area (Å²) in [5.74, 6) is 0.892. The minimum Gasteiger partial charge on any atom is -0.493 e. The monoisotopic (exact) mass is 587 g/mol. The van der Waals surface area contributed by atoms with Gasteiger partial charge >= 0.3 is 0 Å². The predicted octanol–water partition coefficient (Wildman–Crippen LogP) is 4.84. The Morgan fingerprint density at radius 2 is 1.65 bits per heavy atom. The van der Waals surface area contributed by atoms with Crippen molar-refractivity contribution in [2.24, 2.45) is 0 Å². The van der Waals surface area contributed by atoms with E-state index in [9.17, 15) is 13.2 Å². The molecule has 0 atom stereocenters. The van der Waals surface area contributed by atoms with Gasteiger partial charge in [-0.15, -0.1) is 0 Å². The van der Waals surface area contributed by atoms with Crippen LogP contribution in [0.5, 0.6) is 11.5 Å². The molecule has 1 aliphatic rings. The van der Waals surface area contributed by atoms with Crippen molar-refractivity contribution < 1.29 is 22.7 Å². The highest BCUT2D eigenvalue weighted by Gasteiger charge is 2.24. The van der Waals surface area contributed by atoms with Gasteiger partial charge in [-0.05, 0) is 79.4 Å². The van der Waals surface area contributed by atoms with Crippen molar-refractivity contribution in [1.82, 2.24) is 4.72 Å². The summed E-state index contributed by atoms with van der Waals surface area (Å²) in [5.41, 5.74) is 2.44. The number of halogens is 1. The van der Waals surface area contributed by atoms with Gasteiger partial charge in [0.25, 0.3) is 5.91 Å². The molecule has 0 spiro atoms. The van der Waals surface area contributed by atoms with Gasteiger partial charge in [-0.3, -0.25) is 4.79 Å². The summed E-state index contributed by atoms with van der Waals surface area (Å²) >= 11 is 3.36. The number of sulfonamides is 1. The van der Waals surface area contributed by atoms with E-state index in [0.29, 0.717) is 34.9 Å². The number of amides is 1. The summed E-state index contributed by atoms with van der Waals surface area (Å²) in [5, 5.41) is 2.82. The molecule has 0 bridgehead atoms. The molecule has 10 heteroatoms. The topological polar surface area (TPSA) is 97.0 Å². The molecule has 37 heavy (non-hydrogen) atoms. The summed E-state index contributed by atoms with van der Waals surface area (Å²) in [7, 11) is -0.730. The molecule has 1 fully saturated rings. The van der Waals surface area contributed by atoms with Gasteiger partial charge < -0.3 is 19.7 Å². The van der Waals surface area contributed by atoms with E-state index in [-0.39, 0.29) is 17.3 Å². The highest BCUT2D eigenvalue weighted by molar-refractivity contribution is 9.10. The van der Waals surface area contributed by atoms with Gasteiger partial charge in [0.2, 0.25) is 10.0 Å². The van der Waals surface area contributed by atoms with E-state index < -0.39 is 10.0 Å². The summed E-state index contributed by atoms with van der Waals surface area (Å²) in [6.45, 7) is 1.78. The molecule has 0 unspecified atom stereocenters. The molecule has 0 saturated carbocycles. The average Bonchev–Trinajstić information content (AvgIpc) is 3.44. The predicted molar refractivity (Wildman–Crippen MR) is 148 cm³/mol. The van der Waals surface area contributed by atoms with E-state index in [2.05, 4.69) is 30.9 Å². The van der Waals surface area contributed by atoms with E-state index >= 15 is 0 Å². The lowest BCUT2D eigenvalue weighted by atomic mass is 10.1. The fourth-order valence-electron chi connectivity index (χ4n) is 4.27. The number of hydrogen-bond donors (Lipinski definition) is 2. The Labute approximate surface area is 226 Å². The quantitative estimate of drug-likeness (QED) is 0.352. The fourth-order valence-corrected chi connectivity index (χ4v) is 5.82. The normalized spacial score (nSPS) is 13.4. The summed E-state index contributed by atoms with van der Waals surface area (Å²) in [6, 6.07) is 17.5. The molecular formula is C27H30BrN3O5S. The molecule has 0 aromatic heterocycles. The zero-order chi connectivity index (χ0) is 26.4. The molecule has 4 rings (SSSR count). The van der Waals surface area contributed by atoms with Crippen LogP contribution in [0.3, 0.4) is 0 Å². The Kier molecular flexibility index (Phi) is 8.73. The van der Waals surface area contributed by atoms with Crippen molar-refractivity contribution in [2.75, 3.05) is 44.1 Å². The maximum atomic E-state index is 13.5. The van der Waals surface area contributed by atoms with Crippen LogP contribution in [0.2, 0.25) is 0 Å². The Bertz CT molecular complexity index is 1360. The molecule has 1 heterocycles. The first-order valence-corrected chi connectivity index (χ1v) is 14.2. The van der Waals surface area contributed by atoms with Crippen LogP contribution in [0.1, 0.15) is 28.8 Å². The van der Waals surface area contributed by atoms with Gasteiger partial charge in [0.1, 0.15) is 4.90 Å². The first-order chi connectivity index (χ1) is 17.8. The van der Waals surface area contributed by atoms with Crippen LogP contribution in [0.4, 0.5) is 11.4 Å². The molecule has 3 aromatic rings. The number of ether oxygens (including phenoxy) is 2. The summed E-state index contributed by atoms with van der Waals surface area (Å²) in [4.78, 5) is 15.0. The lowest BCUT2D eigenvalue weighted by molar-refractivity contribution is 0.102. The number of nitrogens with one attached hydrogen (secondary N) is 2. The van der Waals surface area contributed by atoms with Crippen LogP contribution in [-0.4, -0.2) is 48.2 Å². The standard InChI is InChI=1S/C27H30BrN3O5S/c1-35-24-12-5-19(17-25(24)36-2)13-14-29-37(33,34)26-18-22(10-11-23(26)31-15-3-4-16-31)30-27(32)20-6-8-21(28)9-7-20/h5-12,17-18,29H,3-4,13-16H2,1-2H3,(H,30,32). The second-order valence-corrected chi connectivity index (χ2v) is 11.3. The van der Waals surface area contributed by atoms with E-state index in [4.69, 9.17) is 9.47 Å². The number of nitrogens with zero attached hydrogens (tertiary/aromatic N) is 1. The molecule has 2 N–H and O–H groups in total. The van der Waals surface area contributed by atoms with Crippen molar-refractivity contribution in [3.63, 3.8) is 0 Å². The summed E-state index contributed by atoms with van der Waals surface area (Å²) in [6.07, 6.45) is 2.49. The van der Waals surface area contributed by atoms with E-state index in [1.165, 1.54) is 6.07 Å². The molecular weight excluding hydrogens is 558 g/mol. The zero-order valence-electron chi connectivity index (χ0n) is 20.8. The number of carbonyl (C=O) groups excluding carboxylic acids is 1. The third-order valence-corrected chi connectivity index (χ3v) is 8.23. The Balaban J connectivity index is 1.54. The van der Waals surface area contributed by atoms with Crippen molar-refractivity contribution in [3.05, 3.63) is 76.3 Å². The Hall–Kier alpha value is -3.08. The van der Waals surface area contributed by atoms with Crippen LogP contribution in [0.25, 0.3) is 0 Å². The third kappa shape index (κ3) is 6.63. The molecule has 0 radical (unpaired) electrons. The Morgan fingerprint density at radius 3 is 2.32 bits per heavy atom. The molecule has 1 amide bonds. The average molecular weight is 589 g/mol. The molecule has 3 aromatic carbocycles. The van der Waals surface area contributed by atoms with Gasteiger partial charge in [-0.25, -0.2) is 13.1 Å². The van der Waals surface area contributed by atoms with Crippen molar-refractivity contribution in [3.8, 4) is 11.5 Å². The molecule has 196 valence electrons. The van der Waals surface area contributed by atoms with E-state index in [1.54, 1.807) is 56.7 Å². The van der Waals surface area contributed by atoms with Crippen LogP contribution in [-0.2, 0) is 16.4 Å². The Morgan fingerprint density at radius 1 is 0.946 bits per heavy atom. The van der Waals surface area contributed by atoms with Gasteiger partial charge in [-0.1, -0.05) is 22.0 Å². The maximum Gasteiger partial charge on any atom is 0.255 e. The van der Waals surface area contributed by atoms with Gasteiger partial charge in [0.05, 0.1) is 19.9 Å². The van der Waals surface area contributed by atoms with Gasteiger partial charge in [-0.2, -0.15) is 0 Å².